The highest BCUT2D eigenvalue weighted by Crippen LogP contribution is 2.36. The topological polar surface area (TPSA) is 24.5 Å². The summed E-state index contributed by atoms with van der Waals surface area (Å²) < 4.78 is 20.0. The molecule has 1 aromatic rings. The van der Waals surface area contributed by atoms with E-state index in [0.717, 1.165) is 57.8 Å². The van der Waals surface area contributed by atoms with E-state index in [1.54, 1.807) is 6.07 Å². The lowest BCUT2D eigenvalue weighted by Gasteiger charge is -2.41. The Balaban J connectivity index is 0.00000132. The monoisotopic (exact) mass is 428 g/mol. The molecule has 0 spiro atoms. The minimum atomic E-state index is -0.167. The first-order chi connectivity index (χ1) is 10.3. The van der Waals surface area contributed by atoms with Crippen LogP contribution in [0.3, 0.4) is 0 Å². The fourth-order valence-electron chi connectivity index (χ4n) is 3.47. The van der Waals surface area contributed by atoms with Crippen molar-refractivity contribution in [3.8, 4) is 0 Å². The largest absolute Gasteiger partial charge is 0.381 e. The van der Waals surface area contributed by atoms with E-state index in [9.17, 15) is 4.39 Å². The Morgan fingerprint density at radius 2 is 1.83 bits per heavy atom. The first-order valence-electron chi connectivity index (χ1n) is 7.73. The lowest BCUT2D eigenvalue weighted by Crippen LogP contribution is -2.47. The molecule has 2 saturated heterocycles. The molecule has 0 bridgehead atoms. The van der Waals surface area contributed by atoms with Crippen LogP contribution in [0.2, 0.25) is 0 Å². The summed E-state index contributed by atoms with van der Waals surface area (Å²) in [5, 5.41) is 3.40. The molecule has 2 heterocycles. The van der Waals surface area contributed by atoms with Crippen LogP contribution in [0, 0.1) is 11.7 Å². The van der Waals surface area contributed by atoms with Crippen molar-refractivity contribution in [1.29, 1.82) is 0 Å². The van der Waals surface area contributed by atoms with Gasteiger partial charge in [-0.15, -0.1) is 24.8 Å². The zero-order valence-corrected chi connectivity index (χ0v) is 16.2. The highest BCUT2D eigenvalue weighted by molar-refractivity contribution is 9.10. The van der Waals surface area contributed by atoms with E-state index in [1.807, 2.05) is 6.07 Å². The van der Waals surface area contributed by atoms with Gasteiger partial charge >= 0.3 is 0 Å². The van der Waals surface area contributed by atoms with Gasteiger partial charge in [0.2, 0.25) is 0 Å². The van der Waals surface area contributed by atoms with Gasteiger partial charge in [0, 0.05) is 45.4 Å². The molecule has 132 valence electrons. The van der Waals surface area contributed by atoms with E-state index in [4.69, 9.17) is 4.74 Å². The summed E-state index contributed by atoms with van der Waals surface area (Å²) in [6.45, 7) is 5.73. The fourth-order valence-corrected chi connectivity index (χ4v) is 3.72. The maximum absolute atomic E-state index is 14.0. The van der Waals surface area contributed by atoms with Gasteiger partial charge in [0.1, 0.15) is 5.82 Å². The van der Waals surface area contributed by atoms with Crippen LogP contribution >= 0.6 is 40.7 Å². The highest BCUT2D eigenvalue weighted by Gasteiger charge is 2.31. The number of ether oxygens (including phenoxy) is 1. The van der Waals surface area contributed by atoms with Gasteiger partial charge in [0.05, 0.1) is 4.47 Å². The van der Waals surface area contributed by atoms with Crippen LogP contribution in [0.5, 0.6) is 0 Å². The molecule has 2 aliphatic rings. The predicted octanol–water partition coefficient (Wildman–Crippen LogP) is 3.80. The van der Waals surface area contributed by atoms with Gasteiger partial charge in [-0.25, -0.2) is 4.39 Å². The third-order valence-corrected chi connectivity index (χ3v) is 5.19. The van der Waals surface area contributed by atoms with E-state index in [2.05, 4.69) is 32.2 Å². The average Bonchev–Trinajstić information content (AvgIpc) is 2.53. The maximum atomic E-state index is 14.0. The van der Waals surface area contributed by atoms with Crippen molar-refractivity contribution in [2.75, 3.05) is 39.4 Å². The smallest absolute Gasteiger partial charge is 0.137 e. The molecule has 0 amide bonds. The number of halogens is 4. The van der Waals surface area contributed by atoms with Crippen molar-refractivity contribution in [1.82, 2.24) is 10.2 Å². The Kier molecular flexibility index (Phi) is 9.34. The van der Waals surface area contributed by atoms with Crippen LogP contribution in [0.25, 0.3) is 0 Å². The first-order valence-corrected chi connectivity index (χ1v) is 8.52. The minimum absolute atomic E-state index is 0. The quantitative estimate of drug-likeness (QED) is 0.790. The number of rotatable bonds is 3. The normalized spacial score (nSPS) is 21.1. The molecule has 7 heteroatoms. The summed E-state index contributed by atoms with van der Waals surface area (Å²) in [4.78, 5) is 2.51. The second-order valence-electron chi connectivity index (χ2n) is 5.85. The van der Waals surface area contributed by atoms with Crippen LogP contribution in [0.4, 0.5) is 4.39 Å². The zero-order valence-electron chi connectivity index (χ0n) is 13.0. The SMILES string of the molecule is Cl.Cl.Fc1cc([C@@H](C2CCOCC2)N2CCNCC2)ccc1Br. The van der Waals surface area contributed by atoms with Crippen molar-refractivity contribution < 1.29 is 9.13 Å². The van der Waals surface area contributed by atoms with Crippen LogP contribution < -0.4 is 5.32 Å². The van der Waals surface area contributed by atoms with Gasteiger partial charge in [-0.3, -0.25) is 4.90 Å². The lowest BCUT2D eigenvalue weighted by atomic mass is 9.85. The molecule has 0 unspecified atom stereocenters. The molecule has 0 radical (unpaired) electrons. The summed E-state index contributed by atoms with van der Waals surface area (Å²) in [6.07, 6.45) is 2.12. The second-order valence-corrected chi connectivity index (χ2v) is 6.71. The van der Waals surface area contributed by atoms with Gasteiger partial charge in [0.15, 0.2) is 0 Å². The summed E-state index contributed by atoms with van der Waals surface area (Å²) in [6, 6.07) is 5.90. The second kappa shape index (κ2) is 10.2. The third-order valence-electron chi connectivity index (χ3n) is 4.54. The van der Waals surface area contributed by atoms with Crippen LogP contribution in [0.15, 0.2) is 22.7 Å². The van der Waals surface area contributed by atoms with Crippen LogP contribution in [0.1, 0.15) is 24.4 Å². The zero-order chi connectivity index (χ0) is 14.7. The molecule has 0 aromatic heterocycles. The van der Waals surface area contributed by atoms with Crippen LogP contribution in [-0.4, -0.2) is 44.3 Å². The fraction of sp³-hybridized carbons (Fsp3) is 0.625. The van der Waals surface area contributed by atoms with Crippen molar-refractivity contribution in [3.63, 3.8) is 0 Å². The first kappa shape index (κ1) is 21.1. The Morgan fingerprint density at radius 1 is 1.17 bits per heavy atom. The van der Waals surface area contributed by atoms with Crippen molar-refractivity contribution in [3.05, 3.63) is 34.1 Å². The molecule has 2 aliphatic heterocycles. The average molecular weight is 430 g/mol. The highest BCUT2D eigenvalue weighted by atomic mass is 79.9. The summed E-state index contributed by atoms with van der Waals surface area (Å²) in [5.41, 5.74) is 1.10. The summed E-state index contributed by atoms with van der Waals surface area (Å²) in [7, 11) is 0. The molecule has 3 nitrogen and oxygen atoms in total. The molecular formula is C16H24BrCl2FN2O. The molecule has 23 heavy (non-hydrogen) atoms. The molecular weight excluding hydrogens is 406 g/mol. The lowest BCUT2D eigenvalue weighted by molar-refractivity contribution is 0.0212. The maximum Gasteiger partial charge on any atom is 0.137 e. The van der Waals surface area contributed by atoms with Gasteiger partial charge < -0.3 is 10.1 Å². The van der Waals surface area contributed by atoms with E-state index < -0.39 is 0 Å². The predicted molar refractivity (Wildman–Crippen MR) is 99.3 cm³/mol. The van der Waals surface area contributed by atoms with Gasteiger partial charge in [0.25, 0.3) is 0 Å². The van der Waals surface area contributed by atoms with E-state index in [1.165, 1.54) is 0 Å². The number of hydrogen-bond acceptors (Lipinski definition) is 3. The molecule has 3 rings (SSSR count). The van der Waals surface area contributed by atoms with Crippen molar-refractivity contribution >= 4 is 40.7 Å². The van der Waals surface area contributed by atoms with Gasteiger partial charge in [-0.1, -0.05) is 6.07 Å². The van der Waals surface area contributed by atoms with E-state index >= 15 is 0 Å². The van der Waals surface area contributed by atoms with Crippen molar-refractivity contribution in [2.45, 2.75) is 18.9 Å². The Hall–Kier alpha value is 0.0900. The summed E-state index contributed by atoms with van der Waals surface area (Å²) >= 11 is 3.25. The van der Waals surface area contributed by atoms with Crippen LogP contribution in [-0.2, 0) is 4.74 Å². The minimum Gasteiger partial charge on any atom is -0.381 e. The molecule has 0 saturated carbocycles. The Labute approximate surface area is 158 Å². The molecule has 0 aliphatic carbocycles. The standard InChI is InChI=1S/C16H22BrFN2O.2ClH/c17-14-2-1-13(11-15(14)18)16(12-3-9-21-10-4-12)20-7-5-19-6-8-20;;/h1-2,11-12,16,19H,3-10H2;2*1H/t16-;;/m1../s1. The Bertz CT molecular complexity index is 465. The number of nitrogens with one attached hydrogen (secondary N) is 1. The number of benzene rings is 1. The van der Waals surface area contributed by atoms with Gasteiger partial charge in [-0.05, 0) is 52.4 Å². The molecule has 1 N–H and O–H groups in total. The number of nitrogens with zero attached hydrogens (tertiary/aromatic N) is 1. The number of piperazine rings is 1. The summed E-state index contributed by atoms with van der Waals surface area (Å²) in [5.74, 6) is 0.386. The molecule has 2 fully saturated rings. The van der Waals surface area contributed by atoms with Crippen molar-refractivity contribution in [2.24, 2.45) is 5.92 Å². The molecule has 1 aromatic carbocycles. The number of hydrogen-bond donors (Lipinski definition) is 1. The van der Waals surface area contributed by atoms with E-state index in [-0.39, 0.29) is 30.6 Å². The van der Waals surface area contributed by atoms with Gasteiger partial charge in [-0.2, -0.15) is 0 Å². The third kappa shape index (κ3) is 5.28. The van der Waals surface area contributed by atoms with E-state index in [0.29, 0.717) is 16.4 Å². The Morgan fingerprint density at radius 3 is 2.43 bits per heavy atom. The molecule has 1 atom stereocenters.